The van der Waals surface area contributed by atoms with Gasteiger partial charge in [0.15, 0.2) is 0 Å². The van der Waals surface area contributed by atoms with Crippen LogP contribution < -0.4 is 10.5 Å². The topological polar surface area (TPSA) is 35.2 Å². The summed E-state index contributed by atoms with van der Waals surface area (Å²) in [7, 11) is 0. The van der Waals surface area contributed by atoms with Crippen LogP contribution in [0.5, 0.6) is 5.75 Å². The third-order valence-corrected chi connectivity index (χ3v) is 3.78. The molecule has 2 N–H and O–H groups in total. The highest BCUT2D eigenvalue weighted by Gasteiger charge is 2.21. The fourth-order valence-corrected chi connectivity index (χ4v) is 2.36. The fraction of sp³-hybridized carbons (Fsp3) is 0.250. The molecule has 0 radical (unpaired) electrons. The largest absolute Gasteiger partial charge is 0.483 e. The van der Waals surface area contributed by atoms with E-state index in [1.165, 1.54) is 12.1 Å². The highest BCUT2D eigenvalue weighted by Crippen LogP contribution is 2.31. The maximum Gasteiger partial charge on any atom is 0.139 e. The molecule has 0 heterocycles. The Balaban J connectivity index is 2.31. The predicted molar refractivity (Wildman–Crippen MR) is 82.2 cm³/mol. The van der Waals surface area contributed by atoms with Crippen molar-refractivity contribution in [2.75, 3.05) is 0 Å². The average molecular weight is 338 g/mol. The van der Waals surface area contributed by atoms with E-state index in [1.807, 2.05) is 37.3 Å². The molecule has 0 amide bonds. The Morgan fingerprint density at radius 1 is 1.20 bits per heavy atom. The summed E-state index contributed by atoms with van der Waals surface area (Å²) < 4.78 is 20.3. The summed E-state index contributed by atoms with van der Waals surface area (Å²) in [5, 5.41) is 0. The molecule has 0 saturated carbocycles. The summed E-state index contributed by atoms with van der Waals surface area (Å²) in [6.07, 6.45) is 0.362. The number of halogens is 2. The number of nitrogens with two attached hydrogens (primary N) is 1. The molecular weight excluding hydrogens is 321 g/mol. The van der Waals surface area contributed by atoms with E-state index in [-0.39, 0.29) is 18.0 Å². The zero-order chi connectivity index (χ0) is 14.5. The van der Waals surface area contributed by atoms with Gasteiger partial charge in [0.05, 0.1) is 4.47 Å². The minimum absolute atomic E-state index is 0.205. The van der Waals surface area contributed by atoms with Crippen LogP contribution in [0.2, 0.25) is 0 Å². The van der Waals surface area contributed by atoms with Gasteiger partial charge >= 0.3 is 0 Å². The molecule has 20 heavy (non-hydrogen) atoms. The van der Waals surface area contributed by atoms with E-state index in [4.69, 9.17) is 10.5 Å². The van der Waals surface area contributed by atoms with Crippen LogP contribution in [0.1, 0.15) is 25.0 Å². The molecule has 2 aromatic carbocycles. The van der Waals surface area contributed by atoms with Crippen LogP contribution in [-0.4, -0.2) is 6.04 Å². The first-order valence-electron chi connectivity index (χ1n) is 6.54. The van der Waals surface area contributed by atoms with Gasteiger partial charge in [0.2, 0.25) is 0 Å². The third kappa shape index (κ3) is 3.58. The van der Waals surface area contributed by atoms with Gasteiger partial charge in [-0.05, 0) is 52.2 Å². The van der Waals surface area contributed by atoms with Gasteiger partial charge in [-0.1, -0.05) is 31.2 Å². The summed E-state index contributed by atoms with van der Waals surface area (Å²) in [5.74, 6) is 0.414. The molecule has 0 fully saturated rings. The lowest BCUT2D eigenvalue weighted by atomic mass is 10.0. The molecule has 4 heteroatoms. The van der Waals surface area contributed by atoms with E-state index < -0.39 is 0 Å². The highest BCUT2D eigenvalue weighted by atomic mass is 79.9. The molecule has 2 rings (SSSR count). The van der Waals surface area contributed by atoms with Crippen molar-refractivity contribution >= 4 is 15.9 Å². The standard InChI is InChI=1S/C16H17BrFNO/c1-2-14(19)16(11-6-5-7-12(18)10-11)20-15-9-4-3-8-13(15)17/h3-10,14,16H,2,19H2,1H3. The van der Waals surface area contributed by atoms with E-state index in [2.05, 4.69) is 15.9 Å². The minimum atomic E-state index is -0.380. The van der Waals surface area contributed by atoms with E-state index in [1.54, 1.807) is 6.07 Å². The van der Waals surface area contributed by atoms with E-state index in [9.17, 15) is 4.39 Å². The molecule has 0 saturated heterocycles. The molecule has 2 atom stereocenters. The van der Waals surface area contributed by atoms with Gasteiger partial charge in [-0.15, -0.1) is 0 Å². The number of rotatable bonds is 5. The molecular formula is C16H17BrFNO. The minimum Gasteiger partial charge on any atom is -0.483 e. The second kappa shape index (κ2) is 6.86. The van der Waals surface area contributed by atoms with Crippen LogP contribution in [0.25, 0.3) is 0 Å². The second-order valence-electron chi connectivity index (χ2n) is 4.60. The normalized spacial score (nSPS) is 13.8. The Bertz CT molecular complexity index is 576. The van der Waals surface area contributed by atoms with Crippen LogP contribution in [0.15, 0.2) is 53.0 Å². The second-order valence-corrected chi connectivity index (χ2v) is 5.45. The van der Waals surface area contributed by atoms with E-state index in [0.29, 0.717) is 5.75 Å². The number of hydrogen-bond acceptors (Lipinski definition) is 2. The van der Waals surface area contributed by atoms with Gasteiger partial charge in [-0.25, -0.2) is 4.39 Å². The number of benzene rings is 2. The van der Waals surface area contributed by atoms with Crippen LogP contribution in [0, 0.1) is 5.82 Å². The highest BCUT2D eigenvalue weighted by molar-refractivity contribution is 9.10. The van der Waals surface area contributed by atoms with E-state index >= 15 is 0 Å². The molecule has 2 aromatic rings. The van der Waals surface area contributed by atoms with Crippen LogP contribution in [-0.2, 0) is 0 Å². The zero-order valence-corrected chi connectivity index (χ0v) is 12.8. The maximum absolute atomic E-state index is 13.4. The lowest BCUT2D eigenvalue weighted by Crippen LogP contribution is -2.31. The SMILES string of the molecule is CCC(N)C(Oc1ccccc1Br)c1cccc(F)c1. The first-order chi connectivity index (χ1) is 9.61. The Morgan fingerprint density at radius 2 is 1.95 bits per heavy atom. The van der Waals surface area contributed by atoms with Crippen LogP contribution in [0.4, 0.5) is 4.39 Å². The van der Waals surface area contributed by atoms with Crippen molar-refractivity contribution in [3.63, 3.8) is 0 Å². The van der Waals surface area contributed by atoms with Crippen molar-refractivity contribution in [2.24, 2.45) is 5.73 Å². The summed E-state index contributed by atoms with van der Waals surface area (Å²) in [6.45, 7) is 1.99. The molecule has 0 aliphatic rings. The quantitative estimate of drug-likeness (QED) is 0.874. The molecule has 2 nitrogen and oxygen atoms in total. The Hall–Kier alpha value is -1.39. The van der Waals surface area contributed by atoms with Gasteiger partial charge in [0.25, 0.3) is 0 Å². The Labute approximate surface area is 126 Å². The summed E-state index contributed by atoms with van der Waals surface area (Å²) in [5.41, 5.74) is 6.88. The van der Waals surface area contributed by atoms with Crippen LogP contribution in [0.3, 0.4) is 0 Å². The fourth-order valence-electron chi connectivity index (χ4n) is 1.98. The van der Waals surface area contributed by atoms with Crippen LogP contribution >= 0.6 is 15.9 Å². The van der Waals surface area contributed by atoms with E-state index in [0.717, 1.165) is 16.5 Å². The third-order valence-electron chi connectivity index (χ3n) is 3.13. The first kappa shape index (κ1) is 15.0. The molecule has 0 spiro atoms. The number of ether oxygens (including phenoxy) is 1. The van der Waals surface area contributed by atoms with Crippen molar-refractivity contribution in [3.8, 4) is 5.75 Å². The number of hydrogen-bond donors (Lipinski definition) is 1. The lowest BCUT2D eigenvalue weighted by molar-refractivity contribution is 0.169. The smallest absolute Gasteiger partial charge is 0.139 e. The lowest BCUT2D eigenvalue weighted by Gasteiger charge is -2.25. The molecule has 0 bridgehead atoms. The van der Waals surface area contributed by atoms with Gasteiger partial charge in [0.1, 0.15) is 17.7 Å². The van der Waals surface area contributed by atoms with Gasteiger partial charge in [-0.3, -0.25) is 0 Å². The average Bonchev–Trinajstić information content (AvgIpc) is 2.45. The molecule has 0 aliphatic heterocycles. The molecule has 2 unspecified atom stereocenters. The monoisotopic (exact) mass is 337 g/mol. The van der Waals surface area contributed by atoms with Crippen molar-refractivity contribution in [1.29, 1.82) is 0 Å². The molecule has 0 aliphatic carbocycles. The summed E-state index contributed by atoms with van der Waals surface area (Å²) in [4.78, 5) is 0. The van der Waals surface area contributed by atoms with Crippen molar-refractivity contribution in [2.45, 2.75) is 25.5 Å². The maximum atomic E-state index is 13.4. The van der Waals surface area contributed by atoms with Crippen molar-refractivity contribution in [1.82, 2.24) is 0 Å². The summed E-state index contributed by atoms with van der Waals surface area (Å²) >= 11 is 3.44. The Morgan fingerprint density at radius 3 is 2.60 bits per heavy atom. The summed E-state index contributed by atoms with van der Waals surface area (Å²) in [6, 6.07) is 13.7. The molecule has 0 aromatic heterocycles. The van der Waals surface area contributed by atoms with Crippen molar-refractivity contribution < 1.29 is 9.13 Å². The van der Waals surface area contributed by atoms with Gasteiger partial charge in [-0.2, -0.15) is 0 Å². The van der Waals surface area contributed by atoms with Gasteiger partial charge < -0.3 is 10.5 Å². The molecule has 106 valence electrons. The van der Waals surface area contributed by atoms with Crippen molar-refractivity contribution in [3.05, 3.63) is 64.4 Å². The first-order valence-corrected chi connectivity index (χ1v) is 7.33. The number of para-hydroxylation sites is 1. The van der Waals surface area contributed by atoms with Gasteiger partial charge in [0, 0.05) is 6.04 Å². The zero-order valence-electron chi connectivity index (χ0n) is 11.2. The predicted octanol–water partition coefficient (Wildman–Crippen LogP) is 4.45. The Kier molecular flexibility index (Phi) is 5.15.